The van der Waals surface area contributed by atoms with Crippen molar-refractivity contribution >= 4 is 50.6 Å². The van der Waals surface area contributed by atoms with Gasteiger partial charge in [0.15, 0.2) is 5.69 Å². The minimum atomic E-state index is -0.673. The molecule has 1 amide bonds. The number of nitrogens with zero attached hydrogens (tertiary/aromatic N) is 2. The monoisotopic (exact) mass is 557 g/mol. The zero-order chi connectivity index (χ0) is 27.1. The van der Waals surface area contributed by atoms with Crippen LogP contribution >= 0.6 is 22.9 Å². The molecule has 0 spiro atoms. The van der Waals surface area contributed by atoms with Crippen LogP contribution in [0.4, 0.5) is 5.00 Å². The molecule has 0 aliphatic carbocycles. The summed E-state index contributed by atoms with van der Waals surface area (Å²) in [7, 11) is 0. The van der Waals surface area contributed by atoms with E-state index >= 15 is 0 Å². The van der Waals surface area contributed by atoms with Crippen LogP contribution in [0.25, 0.3) is 16.5 Å². The van der Waals surface area contributed by atoms with Crippen LogP contribution in [0.2, 0.25) is 5.02 Å². The Labute approximate surface area is 231 Å². The fraction of sp³-hybridized carbons (Fsp3) is 0.103. The van der Waals surface area contributed by atoms with Gasteiger partial charge in [0.05, 0.1) is 23.6 Å². The highest BCUT2D eigenvalue weighted by Crippen LogP contribution is 2.44. The van der Waals surface area contributed by atoms with Gasteiger partial charge in [0.25, 0.3) is 5.56 Å². The fourth-order valence-corrected chi connectivity index (χ4v) is 5.69. The van der Waals surface area contributed by atoms with E-state index in [2.05, 4.69) is 10.4 Å². The summed E-state index contributed by atoms with van der Waals surface area (Å²) in [4.78, 5) is 40.4. The zero-order valence-corrected chi connectivity index (χ0v) is 22.1. The number of benzene rings is 3. The Kier molecular flexibility index (Phi) is 6.38. The smallest absolute Gasteiger partial charge is 0.359 e. The summed E-state index contributed by atoms with van der Waals surface area (Å²) < 4.78 is 12.4. The highest BCUT2D eigenvalue weighted by molar-refractivity contribution is 7.16. The molecule has 194 valence electrons. The maximum atomic E-state index is 13.9. The van der Waals surface area contributed by atoms with Crippen molar-refractivity contribution < 1.29 is 19.1 Å². The number of hydrogen-bond donors (Lipinski definition) is 1. The number of aromatic nitrogens is 2. The predicted octanol–water partition coefficient (Wildman–Crippen LogP) is 6.15. The minimum Gasteiger partial charge on any atom is -0.461 e. The molecule has 1 aliphatic heterocycles. The van der Waals surface area contributed by atoms with E-state index in [1.54, 1.807) is 36.6 Å². The summed E-state index contributed by atoms with van der Waals surface area (Å²) in [6, 6.07) is 21.2. The molecule has 1 N–H and O–H groups in total. The summed E-state index contributed by atoms with van der Waals surface area (Å²) in [6.07, 6.45) is 0. The molecular weight excluding hydrogens is 538 g/mol. The van der Waals surface area contributed by atoms with Gasteiger partial charge in [-0.3, -0.25) is 9.59 Å². The Hall–Kier alpha value is -4.47. The number of carbonyl (C=O) groups excluding carboxylic acids is 2. The third-order valence-corrected chi connectivity index (χ3v) is 7.52. The third kappa shape index (κ3) is 4.35. The van der Waals surface area contributed by atoms with E-state index in [9.17, 15) is 14.4 Å². The number of hydrogen-bond acceptors (Lipinski definition) is 7. The first-order valence-electron chi connectivity index (χ1n) is 12.1. The maximum Gasteiger partial charge on any atom is 0.359 e. The van der Waals surface area contributed by atoms with E-state index in [0.717, 1.165) is 16.0 Å². The first kappa shape index (κ1) is 24.8. The highest BCUT2D eigenvalue weighted by atomic mass is 35.5. The number of para-hydroxylation sites is 2. The Morgan fingerprint density at radius 2 is 1.67 bits per heavy atom. The molecule has 0 atom stereocenters. The van der Waals surface area contributed by atoms with Crippen LogP contribution in [0.5, 0.6) is 11.5 Å². The molecule has 6 rings (SSSR count). The van der Waals surface area contributed by atoms with Crippen LogP contribution in [0.3, 0.4) is 0 Å². The molecule has 5 aromatic rings. The molecule has 0 radical (unpaired) electrons. The van der Waals surface area contributed by atoms with Crippen molar-refractivity contribution in [2.24, 2.45) is 0 Å². The predicted molar refractivity (Wildman–Crippen MR) is 150 cm³/mol. The number of carbonyl (C=O) groups is 2. The van der Waals surface area contributed by atoms with Gasteiger partial charge in [-0.1, -0.05) is 48.0 Å². The average Bonchev–Trinajstić information content (AvgIpc) is 3.36. The molecule has 10 heteroatoms. The van der Waals surface area contributed by atoms with Crippen molar-refractivity contribution in [2.45, 2.75) is 12.8 Å². The highest BCUT2D eigenvalue weighted by Gasteiger charge is 2.33. The van der Waals surface area contributed by atoms with Crippen molar-refractivity contribution in [1.82, 2.24) is 9.78 Å². The Balaban J connectivity index is 1.48. The van der Waals surface area contributed by atoms with Crippen molar-refractivity contribution in [1.29, 1.82) is 0 Å². The lowest BCUT2D eigenvalue weighted by atomic mass is 9.87. The van der Waals surface area contributed by atoms with Crippen molar-refractivity contribution in [3.63, 3.8) is 0 Å². The minimum absolute atomic E-state index is 0.0279. The summed E-state index contributed by atoms with van der Waals surface area (Å²) >= 11 is 7.17. The second kappa shape index (κ2) is 10.0. The van der Waals surface area contributed by atoms with E-state index in [1.807, 2.05) is 48.5 Å². The van der Waals surface area contributed by atoms with Crippen LogP contribution < -0.4 is 15.6 Å². The maximum absolute atomic E-state index is 13.9. The van der Waals surface area contributed by atoms with Gasteiger partial charge in [0, 0.05) is 26.9 Å². The van der Waals surface area contributed by atoms with Gasteiger partial charge in [-0.2, -0.15) is 9.78 Å². The number of fused-ring (bicyclic) bond motifs is 3. The van der Waals surface area contributed by atoms with Crippen molar-refractivity contribution in [2.75, 3.05) is 11.9 Å². The molecule has 0 saturated carbocycles. The lowest BCUT2D eigenvalue weighted by Crippen LogP contribution is -2.27. The average molecular weight is 558 g/mol. The SMILES string of the molecule is CCOC(=O)c1nn(-c2ccc(Cl)cc2)c(=O)c2c(NC(=O)C3c4ccccc4Oc4ccccc43)scc12. The molecule has 0 bridgehead atoms. The Bertz CT molecular complexity index is 1770. The lowest BCUT2D eigenvalue weighted by Gasteiger charge is -2.27. The second-order valence-corrected chi connectivity index (χ2v) is 10.0. The molecular formula is C29H20ClN3O5S. The van der Waals surface area contributed by atoms with Gasteiger partial charge in [-0.25, -0.2) is 4.79 Å². The first-order chi connectivity index (χ1) is 19.0. The number of thiophene rings is 1. The summed E-state index contributed by atoms with van der Waals surface area (Å²) in [5.41, 5.74) is 1.31. The van der Waals surface area contributed by atoms with Gasteiger partial charge >= 0.3 is 5.97 Å². The van der Waals surface area contributed by atoms with E-state index in [-0.39, 0.29) is 23.6 Å². The largest absolute Gasteiger partial charge is 0.461 e. The quantitative estimate of drug-likeness (QED) is 0.260. The lowest BCUT2D eigenvalue weighted by molar-refractivity contribution is -0.116. The van der Waals surface area contributed by atoms with E-state index in [0.29, 0.717) is 43.7 Å². The topological polar surface area (TPSA) is 99.5 Å². The Morgan fingerprint density at radius 3 is 2.31 bits per heavy atom. The van der Waals surface area contributed by atoms with Crippen LogP contribution in [0.1, 0.15) is 34.5 Å². The van der Waals surface area contributed by atoms with Gasteiger partial charge < -0.3 is 14.8 Å². The molecule has 0 fully saturated rings. The van der Waals surface area contributed by atoms with Crippen LogP contribution in [-0.2, 0) is 9.53 Å². The molecule has 1 aliphatic rings. The van der Waals surface area contributed by atoms with Crippen molar-refractivity contribution in [3.05, 3.63) is 110 Å². The summed E-state index contributed by atoms with van der Waals surface area (Å²) in [5, 5.41) is 10.2. The number of halogens is 1. The third-order valence-electron chi connectivity index (χ3n) is 6.37. The number of esters is 1. The summed E-state index contributed by atoms with van der Waals surface area (Å²) in [6.45, 7) is 1.82. The first-order valence-corrected chi connectivity index (χ1v) is 13.4. The molecule has 0 unspecified atom stereocenters. The van der Waals surface area contributed by atoms with Gasteiger partial charge in [-0.05, 0) is 43.3 Å². The molecule has 0 saturated heterocycles. The molecule has 8 nitrogen and oxygen atoms in total. The van der Waals surface area contributed by atoms with E-state index in [1.165, 1.54) is 0 Å². The standard InChI is InChI=1S/C29H20ClN3O5S/c1-2-37-29(36)25-20-15-39-27(24(20)28(35)33(32-25)17-13-11-16(30)12-14-17)31-26(34)23-18-7-3-5-9-21(18)38-22-10-6-4-8-19(22)23/h3-15,23H,2H2,1H3,(H,31,34). The van der Waals surface area contributed by atoms with Crippen molar-refractivity contribution in [3.8, 4) is 17.2 Å². The van der Waals surface area contributed by atoms with Crippen LogP contribution in [0, 0.1) is 0 Å². The van der Waals surface area contributed by atoms with Gasteiger partial charge in [-0.15, -0.1) is 11.3 Å². The van der Waals surface area contributed by atoms with E-state index in [4.69, 9.17) is 21.1 Å². The number of ether oxygens (including phenoxy) is 2. The number of nitrogens with one attached hydrogen (secondary N) is 1. The number of rotatable bonds is 5. The summed E-state index contributed by atoms with van der Waals surface area (Å²) in [5.74, 6) is -0.507. The fourth-order valence-electron chi connectivity index (χ4n) is 4.63. The Morgan fingerprint density at radius 1 is 1.03 bits per heavy atom. The number of amides is 1. The second-order valence-electron chi connectivity index (χ2n) is 8.72. The normalized spacial score (nSPS) is 12.4. The molecule has 39 heavy (non-hydrogen) atoms. The zero-order valence-electron chi connectivity index (χ0n) is 20.5. The van der Waals surface area contributed by atoms with Crippen LogP contribution in [0.15, 0.2) is 83.0 Å². The number of anilines is 1. The van der Waals surface area contributed by atoms with E-state index < -0.39 is 17.4 Å². The van der Waals surface area contributed by atoms with Gasteiger partial charge in [0.1, 0.15) is 16.5 Å². The molecule has 3 heterocycles. The molecule has 3 aromatic carbocycles. The van der Waals surface area contributed by atoms with Crippen LogP contribution in [-0.4, -0.2) is 28.3 Å². The molecule has 2 aromatic heterocycles. The van der Waals surface area contributed by atoms with Gasteiger partial charge in [0.2, 0.25) is 5.91 Å².